The monoisotopic (exact) mass is 320 g/mol. The fourth-order valence-electron chi connectivity index (χ4n) is 2.99. The van der Waals surface area contributed by atoms with Crippen molar-refractivity contribution in [3.8, 4) is 0 Å². The molecule has 24 heavy (non-hydrogen) atoms. The second-order valence-electron chi connectivity index (χ2n) is 5.75. The third-order valence-electron chi connectivity index (χ3n) is 4.13. The normalized spacial score (nSPS) is 13.5. The first-order valence-electron chi connectivity index (χ1n) is 8.01. The van der Waals surface area contributed by atoms with E-state index in [0.717, 1.165) is 30.9 Å². The van der Waals surface area contributed by atoms with E-state index in [-0.39, 0.29) is 5.82 Å². The lowest BCUT2D eigenvalue weighted by Crippen LogP contribution is -2.25. The zero-order chi connectivity index (χ0) is 16.4. The summed E-state index contributed by atoms with van der Waals surface area (Å²) in [6, 6.07) is 16.5. The molecule has 120 valence electrons. The molecule has 5 heteroatoms. The smallest absolute Gasteiger partial charge is 0.229 e. The number of rotatable bonds is 3. The van der Waals surface area contributed by atoms with Crippen LogP contribution in [0.25, 0.3) is 0 Å². The van der Waals surface area contributed by atoms with Crippen LogP contribution in [0.5, 0.6) is 0 Å². The summed E-state index contributed by atoms with van der Waals surface area (Å²) in [5, 5.41) is 3.12. The Morgan fingerprint density at radius 1 is 1.00 bits per heavy atom. The second kappa shape index (κ2) is 6.28. The van der Waals surface area contributed by atoms with Crippen molar-refractivity contribution in [2.75, 3.05) is 16.8 Å². The van der Waals surface area contributed by atoms with Gasteiger partial charge in [-0.25, -0.2) is 9.37 Å². The van der Waals surface area contributed by atoms with E-state index in [2.05, 4.69) is 44.5 Å². The molecular formula is C19H17FN4. The Labute approximate surface area is 140 Å². The molecule has 0 amide bonds. The predicted molar refractivity (Wildman–Crippen MR) is 93.5 cm³/mol. The number of fused-ring (bicyclic) bond motifs is 1. The van der Waals surface area contributed by atoms with Gasteiger partial charge < -0.3 is 10.2 Å². The number of hydrogen-bond acceptors (Lipinski definition) is 4. The molecule has 3 aromatic rings. The summed E-state index contributed by atoms with van der Waals surface area (Å²) >= 11 is 0. The van der Waals surface area contributed by atoms with Crippen molar-refractivity contribution in [2.45, 2.75) is 12.8 Å². The zero-order valence-electron chi connectivity index (χ0n) is 13.1. The van der Waals surface area contributed by atoms with E-state index in [0.29, 0.717) is 5.95 Å². The molecule has 1 aliphatic heterocycles. The maximum atomic E-state index is 13.0. The van der Waals surface area contributed by atoms with Crippen molar-refractivity contribution in [1.29, 1.82) is 0 Å². The SMILES string of the molecule is Fc1ccc(Nc2nccc(N3CCCc4ccccc43)n2)cc1. The van der Waals surface area contributed by atoms with Crippen LogP contribution in [0.15, 0.2) is 60.8 Å². The molecule has 0 spiro atoms. The van der Waals surface area contributed by atoms with Crippen molar-refractivity contribution in [3.05, 3.63) is 72.2 Å². The molecule has 0 fully saturated rings. The van der Waals surface area contributed by atoms with Crippen molar-refractivity contribution in [2.24, 2.45) is 0 Å². The Hall–Kier alpha value is -2.95. The van der Waals surface area contributed by atoms with E-state index in [1.807, 2.05) is 6.07 Å². The Bertz CT molecular complexity index is 848. The molecule has 2 aromatic carbocycles. The average Bonchev–Trinajstić information content (AvgIpc) is 2.63. The average molecular weight is 320 g/mol. The highest BCUT2D eigenvalue weighted by atomic mass is 19.1. The molecule has 2 heterocycles. The standard InChI is InChI=1S/C19H17FN4/c20-15-7-9-16(10-8-15)22-19-21-12-11-18(23-19)24-13-3-5-14-4-1-2-6-17(14)24/h1-2,4,6-12H,3,5,13H2,(H,21,22,23). The van der Waals surface area contributed by atoms with Crippen LogP contribution >= 0.6 is 0 Å². The fourth-order valence-corrected chi connectivity index (χ4v) is 2.99. The summed E-state index contributed by atoms with van der Waals surface area (Å²) in [6.07, 6.45) is 3.94. The van der Waals surface area contributed by atoms with Crippen molar-refractivity contribution in [1.82, 2.24) is 9.97 Å². The third-order valence-corrected chi connectivity index (χ3v) is 4.13. The molecule has 0 saturated heterocycles. The maximum absolute atomic E-state index is 13.0. The van der Waals surface area contributed by atoms with Gasteiger partial charge in [0.2, 0.25) is 5.95 Å². The minimum Gasteiger partial charge on any atom is -0.326 e. The number of aryl methyl sites for hydroxylation is 1. The lowest BCUT2D eigenvalue weighted by atomic mass is 10.0. The third kappa shape index (κ3) is 2.93. The number of para-hydroxylation sites is 1. The first-order valence-corrected chi connectivity index (χ1v) is 8.01. The topological polar surface area (TPSA) is 41.1 Å². The van der Waals surface area contributed by atoms with Crippen LogP contribution < -0.4 is 10.2 Å². The van der Waals surface area contributed by atoms with Crippen LogP contribution in [-0.2, 0) is 6.42 Å². The van der Waals surface area contributed by atoms with Crippen molar-refractivity contribution in [3.63, 3.8) is 0 Å². The van der Waals surface area contributed by atoms with Crippen molar-refractivity contribution >= 4 is 23.1 Å². The summed E-state index contributed by atoms with van der Waals surface area (Å²) in [5.41, 5.74) is 3.30. The van der Waals surface area contributed by atoms with Gasteiger partial charge in [0.1, 0.15) is 11.6 Å². The largest absolute Gasteiger partial charge is 0.326 e. The van der Waals surface area contributed by atoms with E-state index in [4.69, 9.17) is 0 Å². The van der Waals surface area contributed by atoms with Crippen LogP contribution in [0.3, 0.4) is 0 Å². The molecule has 0 saturated carbocycles. The first kappa shape index (κ1) is 14.6. The fraction of sp³-hybridized carbons (Fsp3) is 0.158. The minimum absolute atomic E-state index is 0.264. The lowest BCUT2D eigenvalue weighted by Gasteiger charge is -2.30. The van der Waals surface area contributed by atoms with Crippen LogP contribution in [0.1, 0.15) is 12.0 Å². The number of nitrogens with zero attached hydrogens (tertiary/aromatic N) is 3. The predicted octanol–water partition coefficient (Wildman–Crippen LogP) is 4.44. The van der Waals surface area contributed by atoms with Gasteiger partial charge in [-0.15, -0.1) is 0 Å². The van der Waals surface area contributed by atoms with Gasteiger partial charge in [0.25, 0.3) is 0 Å². The Balaban J connectivity index is 1.62. The number of anilines is 4. The highest BCUT2D eigenvalue weighted by molar-refractivity contribution is 5.66. The van der Waals surface area contributed by atoms with Gasteiger partial charge in [-0.3, -0.25) is 0 Å². The number of nitrogens with one attached hydrogen (secondary N) is 1. The maximum Gasteiger partial charge on any atom is 0.229 e. The zero-order valence-corrected chi connectivity index (χ0v) is 13.1. The second-order valence-corrected chi connectivity index (χ2v) is 5.75. The minimum atomic E-state index is -0.264. The van der Waals surface area contributed by atoms with E-state index < -0.39 is 0 Å². The number of halogens is 1. The summed E-state index contributed by atoms with van der Waals surface area (Å²) < 4.78 is 13.0. The molecule has 0 bridgehead atoms. The molecule has 0 aliphatic carbocycles. The molecule has 1 N–H and O–H groups in total. The van der Waals surface area contributed by atoms with E-state index in [9.17, 15) is 4.39 Å². The lowest BCUT2D eigenvalue weighted by molar-refractivity contribution is 0.628. The summed E-state index contributed by atoms with van der Waals surface area (Å²) in [6.45, 7) is 0.935. The molecule has 4 nitrogen and oxygen atoms in total. The first-order chi connectivity index (χ1) is 11.8. The van der Waals surface area contributed by atoms with Crippen LogP contribution in [0.2, 0.25) is 0 Å². The number of hydrogen-bond donors (Lipinski definition) is 1. The Kier molecular flexibility index (Phi) is 3.83. The molecule has 1 aromatic heterocycles. The van der Waals surface area contributed by atoms with Gasteiger partial charge in [0.05, 0.1) is 0 Å². The van der Waals surface area contributed by atoms with E-state index in [1.165, 1.54) is 23.4 Å². The molecule has 0 radical (unpaired) electrons. The van der Waals surface area contributed by atoms with Gasteiger partial charge in [0, 0.05) is 24.1 Å². The summed E-state index contributed by atoms with van der Waals surface area (Å²) in [5.74, 6) is 1.10. The van der Waals surface area contributed by atoms with Gasteiger partial charge in [-0.1, -0.05) is 18.2 Å². The molecule has 0 atom stereocenters. The highest BCUT2D eigenvalue weighted by Gasteiger charge is 2.19. The van der Waals surface area contributed by atoms with E-state index in [1.54, 1.807) is 18.3 Å². The number of benzene rings is 2. The van der Waals surface area contributed by atoms with Crippen LogP contribution in [0.4, 0.5) is 27.5 Å². The van der Waals surface area contributed by atoms with Crippen LogP contribution in [0, 0.1) is 5.82 Å². The van der Waals surface area contributed by atoms with E-state index >= 15 is 0 Å². The van der Waals surface area contributed by atoms with Gasteiger partial charge >= 0.3 is 0 Å². The summed E-state index contributed by atoms with van der Waals surface area (Å²) in [4.78, 5) is 11.1. The quantitative estimate of drug-likeness (QED) is 0.774. The van der Waals surface area contributed by atoms with Crippen LogP contribution in [-0.4, -0.2) is 16.5 Å². The molecule has 4 rings (SSSR count). The van der Waals surface area contributed by atoms with Gasteiger partial charge in [-0.05, 0) is 54.8 Å². The van der Waals surface area contributed by atoms with Crippen molar-refractivity contribution < 1.29 is 4.39 Å². The Morgan fingerprint density at radius 2 is 1.83 bits per heavy atom. The molecular weight excluding hydrogens is 303 g/mol. The number of aromatic nitrogens is 2. The highest BCUT2D eigenvalue weighted by Crippen LogP contribution is 2.32. The van der Waals surface area contributed by atoms with Gasteiger partial charge in [-0.2, -0.15) is 4.98 Å². The molecule has 1 aliphatic rings. The summed E-state index contributed by atoms with van der Waals surface area (Å²) in [7, 11) is 0. The molecule has 0 unspecified atom stereocenters. The van der Waals surface area contributed by atoms with Gasteiger partial charge in [0.15, 0.2) is 0 Å². The Morgan fingerprint density at radius 3 is 2.71 bits per heavy atom.